The van der Waals surface area contributed by atoms with Crippen molar-refractivity contribution in [3.63, 3.8) is 0 Å². The molecule has 3 rings (SSSR count). The number of benzene rings is 1. The summed E-state index contributed by atoms with van der Waals surface area (Å²) in [6.07, 6.45) is 7.23. The number of fused-ring (bicyclic) bond motifs is 2. The maximum Gasteiger partial charge on any atom is 0.310 e. The van der Waals surface area contributed by atoms with Gasteiger partial charge in [0, 0.05) is 21.6 Å². The number of piperidine rings is 1. The lowest BCUT2D eigenvalue weighted by molar-refractivity contribution is -0.150. The number of ether oxygens (including phenoxy) is 1. The molecule has 2 saturated heterocycles. The minimum absolute atomic E-state index is 0.0224. The first-order chi connectivity index (χ1) is 12.5. The second-order valence-electron chi connectivity index (χ2n) is 8.13. The van der Waals surface area contributed by atoms with Crippen LogP contribution in [0.2, 0.25) is 0 Å². The summed E-state index contributed by atoms with van der Waals surface area (Å²) in [5.74, 6) is 1.05. The van der Waals surface area contributed by atoms with Crippen molar-refractivity contribution in [3.05, 3.63) is 33.4 Å². The highest BCUT2D eigenvalue weighted by atomic mass is 127. The van der Waals surface area contributed by atoms with Gasteiger partial charge >= 0.3 is 5.97 Å². The van der Waals surface area contributed by atoms with Gasteiger partial charge in [-0.2, -0.15) is 0 Å². The molecule has 3 nitrogen and oxygen atoms in total. The molecule has 0 aliphatic carbocycles. The fourth-order valence-electron chi connectivity index (χ4n) is 5.00. The molecule has 2 bridgehead atoms. The van der Waals surface area contributed by atoms with Gasteiger partial charge < -0.3 is 4.74 Å². The van der Waals surface area contributed by atoms with E-state index in [4.69, 9.17) is 4.74 Å². The van der Waals surface area contributed by atoms with Crippen molar-refractivity contribution in [2.75, 3.05) is 13.7 Å². The third kappa shape index (κ3) is 4.27. The molecule has 5 unspecified atom stereocenters. The SMILES string of the molecule is CCC(C)CCCN1C2CCC1C(C(=O)OC)C(c1ccc(I)cc1)C2. The fraction of sp³-hybridized carbons (Fsp3) is 0.682. The highest BCUT2D eigenvalue weighted by molar-refractivity contribution is 14.1. The Bertz CT molecular complexity index is 603. The van der Waals surface area contributed by atoms with Crippen molar-refractivity contribution in [1.82, 2.24) is 4.90 Å². The molecule has 0 saturated carbocycles. The Balaban J connectivity index is 1.77. The molecule has 0 N–H and O–H groups in total. The zero-order valence-electron chi connectivity index (χ0n) is 16.3. The molecule has 2 heterocycles. The van der Waals surface area contributed by atoms with Crippen LogP contribution in [-0.2, 0) is 9.53 Å². The van der Waals surface area contributed by atoms with E-state index in [1.54, 1.807) is 7.11 Å². The predicted octanol–water partition coefficient (Wildman–Crippen LogP) is 5.23. The second-order valence-corrected chi connectivity index (χ2v) is 9.38. The number of hydrogen-bond acceptors (Lipinski definition) is 3. The van der Waals surface area contributed by atoms with E-state index in [9.17, 15) is 4.79 Å². The Morgan fingerprint density at radius 2 is 2.04 bits per heavy atom. The average molecular weight is 469 g/mol. The molecule has 1 aromatic rings. The maximum atomic E-state index is 12.7. The van der Waals surface area contributed by atoms with Crippen LogP contribution in [0.5, 0.6) is 0 Å². The van der Waals surface area contributed by atoms with Gasteiger partial charge in [0.1, 0.15) is 0 Å². The molecular formula is C22H32INO2. The summed E-state index contributed by atoms with van der Waals surface area (Å²) in [7, 11) is 1.54. The Morgan fingerprint density at radius 1 is 1.31 bits per heavy atom. The first-order valence-electron chi connectivity index (χ1n) is 10.1. The van der Waals surface area contributed by atoms with E-state index < -0.39 is 0 Å². The van der Waals surface area contributed by atoms with Gasteiger partial charge in [-0.1, -0.05) is 32.4 Å². The number of carbonyl (C=O) groups is 1. The Hall–Kier alpha value is -0.620. The Morgan fingerprint density at radius 3 is 2.69 bits per heavy atom. The largest absolute Gasteiger partial charge is 0.469 e. The van der Waals surface area contributed by atoms with Crippen molar-refractivity contribution in [1.29, 1.82) is 0 Å². The minimum Gasteiger partial charge on any atom is -0.469 e. The number of hydrogen-bond donors (Lipinski definition) is 0. The van der Waals surface area contributed by atoms with E-state index >= 15 is 0 Å². The number of rotatable bonds is 7. The number of halogens is 1. The van der Waals surface area contributed by atoms with Gasteiger partial charge in [0.05, 0.1) is 13.0 Å². The maximum absolute atomic E-state index is 12.7. The van der Waals surface area contributed by atoms with E-state index in [0.29, 0.717) is 18.0 Å². The average Bonchev–Trinajstić information content (AvgIpc) is 2.92. The minimum atomic E-state index is -0.0255. The molecule has 2 aliphatic heterocycles. The van der Waals surface area contributed by atoms with Crippen LogP contribution in [0.3, 0.4) is 0 Å². The van der Waals surface area contributed by atoms with Gasteiger partial charge in [-0.25, -0.2) is 0 Å². The molecule has 26 heavy (non-hydrogen) atoms. The van der Waals surface area contributed by atoms with E-state index in [1.165, 1.54) is 34.8 Å². The van der Waals surface area contributed by atoms with Gasteiger partial charge in [0.2, 0.25) is 0 Å². The van der Waals surface area contributed by atoms with Crippen molar-refractivity contribution >= 4 is 28.6 Å². The standard InChI is InChI=1S/C22H32INO2/c1-4-15(2)6-5-13-24-18-11-12-20(24)21(22(25)26-3)19(14-18)16-7-9-17(23)10-8-16/h7-10,15,18-21H,4-6,11-14H2,1-3H3. The first kappa shape index (κ1) is 20.1. The summed E-state index contributed by atoms with van der Waals surface area (Å²) in [6.45, 7) is 5.75. The van der Waals surface area contributed by atoms with Gasteiger partial charge in [0.15, 0.2) is 0 Å². The zero-order valence-corrected chi connectivity index (χ0v) is 18.4. The molecule has 2 aliphatic rings. The molecular weight excluding hydrogens is 437 g/mol. The van der Waals surface area contributed by atoms with Crippen molar-refractivity contribution in [2.45, 2.75) is 70.4 Å². The van der Waals surface area contributed by atoms with Crippen LogP contribution < -0.4 is 0 Å². The lowest BCUT2D eigenvalue weighted by atomic mass is 9.76. The lowest BCUT2D eigenvalue weighted by Crippen LogP contribution is -2.51. The van der Waals surface area contributed by atoms with Gasteiger partial charge in [0.25, 0.3) is 0 Å². The third-order valence-electron chi connectivity index (χ3n) is 6.65. The molecule has 0 spiro atoms. The smallest absolute Gasteiger partial charge is 0.310 e. The van der Waals surface area contributed by atoms with Gasteiger partial charge in [-0.3, -0.25) is 9.69 Å². The first-order valence-corrected chi connectivity index (χ1v) is 11.2. The van der Waals surface area contributed by atoms with Crippen molar-refractivity contribution < 1.29 is 9.53 Å². The van der Waals surface area contributed by atoms with E-state index in [-0.39, 0.29) is 11.9 Å². The lowest BCUT2D eigenvalue weighted by Gasteiger charge is -2.43. The summed E-state index contributed by atoms with van der Waals surface area (Å²) in [5.41, 5.74) is 1.30. The van der Waals surface area contributed by atoms with Crippen molar-refractivity contribution in [3.8, 4) is 0 Å². The molecule has 0 amide bonds. The number of methoxy groups -OCH3 is 1. The monoisotopic (exact) mass is 469 g/mol. The normalized spacial score (nSPS) is 29.5. The summed E-state index contributed by atoms with van der Waals surface area (Å²) < 4.78 is 6.50. The van der Waals surface area contributed by atoms with Crippen LogP contribution in [0.4, 0.5) is 0 Å². The van der Waals surface area contributed by atoms with E-state index in [1.807, 2.05) is 0 Å². The Kier molecular flexibility index (Phi) is 7.00. The number of carbonyl (C=O) groups excluding carboxylic acids is 1. The quantitative estimate of drug-likeness (QED) is 0.405. The van der Waals surface area contributed by atoms with Crippen LogP contribution in [-0.4, -0.2) is 36.6 Å². The molecule has 0 aromatic heterocycles. The third-order valence-corrected chi connectivity index (χ3v) is 7.37. The molecule has 2 fully saturated rings. The topological polar surface area (TPSA) is 29.5 Å². The number of esters is 1. The fourth-order valence-corrected chi connectivity index (χ4v) is 5.36. The molecule has 0 radical (unpaired) electrons. The van der Waals surface area contributed by atoms with E-state index in [2.05, 4.69) is 65.6 Å². The molecule has 1 aromatic carbocycles. The predicted molar refractivity (Wildman–Crippen MR) is 114 cm³/mol. The summed E-state index contributed by atoms with van der Waals surface area (Å²) >= 11 is 2.34. The van der Waals surface area contributed by atoms with Crippen LogP contribution in [0.15, 0.2) is 24.3 Å². The van der Waals surface area contributed by atoms with Crippen LogP contribution in [0, 0.1) is 15.4 Å². The van der Waals surface area contributed by atoms with E-state index in [0.717, 1.165) is 25.3 Å². The van der Waals surface area contributed by atoms with Gasteiger partial charge in [-0.15, -0.1) is 0 Å². The highest BCUT2D eigenvalue weighted by Gasteiger charge is 2.50. The molecule has 4 heteroatoms. The van der Waals surface area contributed by atoms with Crippen LogP contribution in [0.25, 0.3) is 0 Å². The highest BCUT2D eigenvalue weighted by Crippen LogP contribution is 2.47. The zero-order chi connectivity index (χ0) is 18.7. The van der Waals surface area contributed by atoms with Gasteiger partial charge in [-0.05, 0) is 84.9 Å². The summed E-state index contributed by atoms with van der Waals surface area (Å²) in [4.78, 5) is 15.4. The molecule has 5 atom stereocenters. The Labute approximate surface area is 172 Å². The number of nitrogens with zero attached hydrogens (tertiary/aromatic N) is 1. The van der Waals surface area contributed by atoms with Crippen LogP contribution in [0.1, 0.15) is 63.9 Å². The van der Waals surface area contributed by atoms with Crippen molar-refractivity contribution in [2.24, 2.45) is 11.8 Å². The summed E-state index contributed by atoms with van der Waals surface area (Å²) in [5, 5.41) is 0. The summed E-state index contributed by atoms with van der Waals surface area (Å²) in [6, 6.07) is 9.71. The molecule has 144 valence electrons. The van der Waals surface area contributed by atoms with Crippen LogP contribution >= 0.6 is 22.6 Å². The second kappa shape index (κ2) is 9.05.